The van der Waals surface area contributed by atoms with Crippen LogP contribution in [0.4, 0.5) is 0 Å². The third-order valence-corrected chi connectivity index (χ3v) is 4.53. The molecule has 1 atom stereocenters. The van der Waals surface area contributed by atoms with Crippen LogP contribution >= 0.6 is 11.8 Å². The second-order valence-electron chi connectivity index (χ2n) is 5.14. The second-order valence-corrected chi connectivity index (χ2v) is 6.42. The van der Waals surface area contributed by atoms with Crippen molar-refractivity contribution in [1.29, 1.82) is 0 Å². The summed E-state index contributed by atoms with van der Waals surface area (Å²) in [5.41, 5.74) is 0.545. The summed E-state index contributed by atoms with van der Waals surface area (Å²) in [7, 11) is 0. The number of nitrogens with one attached hydrogen (secondary N) is 1. The molecule has 0 spiro atoms. The minimum absolute atomic E-state index is 0.164. The van der Waals surface area contributed by atoms with E-state index in [1.807, 2.05) is 6.07 Å². The highest BCUT2D eigenvalue weighted by Gasteiger charge is 2.23. The van der Waals surface area contributed by atoms with Crippen molar-refractivity contribution in [2.75, 3.05) is 12.3 Å². The lowest BCUT2D eigenvalue weighted by Gasteiger charge is -2.18. The zero-order valence-corrected chi connectivity index (χ0v) is 12.7. The summed E-state index contributed by atoms with van der Waals surface area (Å²) in [4.78, 5) is 16.2. The molecule has 1 saturated carbocycles. The average Bonchev–Trinajstić information content (AvgIpc) is 3.00. The first-order valence-corrected chi connectivity index (χ1v) is 8.24. The number of pyridine rings is 1. The topological polar surface area (TPSA) is 62.2 Å². The predicted molar refractivity (Wildman–Crippen MR) is 80.9 cm³/mol. The van der Waals surface area contributed by atoms with E-state index in [9.17, 15) is 9.90 Å². The van der Waals surface area contributed by atoms with Gasteiger partial charge in [-0.15, -0.1) is 11.8 Å². The lowest BCUT2D eigenvalue weighted by Crippen LogP contribution is -2.35. The van der Waals surface area contributed by atoms with Gasteiger partial charge < -0.3 is 10.4 Å². The van der Waals surface area contributed by atoms with E-state index in [-0.39, 0.29) is 5.91 Å². The molecule has 0 radical (unpaired) electrons. The highest BCUT2D eigenvalue weighted by molar-refractivity contribution is 7.99. The molecule has 20 heavy (non-hydrogen) atoms. The van der Waals surface area contributed by atoms with Crippen molar-refractivity contribution in [3.05, 3.63) is 23.9 Å². The molecule has 110 valence electrons. The maximum Gasteiger partial charge on any atom is 0.252 e. The fourth-order valence-corrected chi connectivity index (χ4v) is 3.14. The van der Waals surface area contributed by atoms with Gasteiger partial charge in [-0.2, -0.15) is 0 Å². The summed E-state index contributed by atoms with van der Waals surface area (Å²) < 4.78 is 0. The first-order chi connectivity index (χ1) is 9.70. The van der Waals surface area contributed by atoms with Gasteiger partial charge in [0.25, 0.3) is 5.91 Å². The van der Waals surface area contributed by atoms with E-state index >= 15 is 0 Å². The molecular weight excluding hydrogens is 272 g/mol. The Kier molecular flexibility index (Phi) is 5.86. The highest BCUT2D eigenvalue weighted by Crippen LogP contribution is 2.27. The minimum Gasteiger partial charge on any atom is -0.391 e. The number of carbonyl (C=O) groups is 1. The lowest BCUT2D eigenvalue weighted by molar-refractivity contribution is 0.0840. The molecule has 0 aromatic carbocycles. The fraction of sp³-hybridized carbons (Fsp3) is 0.600. The number of carbonyl (C=O) groups excluding carboxylic acids is 1. The number of nitrogens with zero attached hydrogens (tertiary/aromatic N) is 1. The number of hydrogen-bond acceptors (Lipinski definition) is 4. The van der Waals surface area contributed by atoms with Crippen molar-refractivity contribution in [2.45, 2.75) is 43.7 Å². The summed E-state index contributed by atoms with van der Waals surface area (Å²) in [6.07, 6.45) is 5.69. The maximum atomic E-state index is 12.0. The number of aliphatic hydroxyl groups is 1. The Morgan fingerprint density at radius 1 is 1.50 bits per heavy atom. The summed E-state index contributed by atoms with van der Waals surface area (Å²) in [5, 5.41) is 13.7. The van der Waals surface area contributed by atoms with Gasteiger partial charge in [0, 0.05) is 12.7 Å². The number of amides is 1. The first kappa shape index (κ1) is 15.3. The Labute approximate surface area is 124 Å². The number of aliphatic hydroxyl groups excluding tert-OH is 1. The standard InChI is InChI=1S/C15H22N2O2S/c1-2-20-14-8-7-12(9-16-14)15(19)17-10-13(18)11-5-3-4-6-11/h7-9,11,13,18H,2-6,10H2,1H3,(H,17,19). The SMILES string of the molecule is CCSc1ccc(C(=O)NCC(O)C2CCCC2)cn1. The van der Waals surface area contributed by atoms with E-state index < -0.39 is 6.10 Å². The number of rotatable bonds is 6. The van der Waals surface area contributed by atoms with E-state index in [1.54, 1.807) is 24.0 Å². The van der Waals surface area contributed by atoms with Crippen LogP contribution in [0.5, 0.6) is 0 Å². The molecule has 1 amide bonds. The van der Waals surface area contributed by atoms with Gasteiger partial charge in [0.15, 0.2) is 0 Å². The van der Waals surface area contributed by atoms with Gasteiger partial charge in [-0.1, -0.05) is 19.8 Å². The Balaban J connectivity index is 1.81. The van der Waals surface area contributed by atoms with Crippen LogP contribution in [0.3, 0.4) is 0 Å². The molecule has 0 aliphatic heterocycles. The van der Waals surface area contributed by atoms with Crippen LogP contribution in [0.1, 0.15) is 43.0 Å². The molecular formula is C15H22N2O2S. The molecule has 0 bridgehead atoms. The van der Waals surface area contributed by atoms with E-state index in [2.05, 4.69) is 17.2 Å². The molecule has 1 aliphatic carbocycles. The minimum atomic E-state index is -0.427. The van der Waals surface area contributed by atoms with Crippen LogP contribution in [-0.4, -0.2) is 34.4 Å². The number of hydrogen-bond donors (Lipinski definition) is 2. The Bertz CT molecular complexity index is 430. The van der Waals surface area contributed by atoms with Crippen LogP contribution in [-0.2, 0) is 0 Å². The molecule has 1 aliphatic rings. The van der Waals surface area contributed by atoms with Crippen LogP contribution < -0.4 is 5.32 Å². The van der Waals surface area contributed by atoms with E-state index in [4.69, 9.17) is 0 Å². The Morgan fingerprint density at radius 3 is 2.85 bits per heavy atom. The first-order valence-electron chi connectivity index (χ1n) is 7.26. The van der Waals surface area contributed by atoms with Crippen LogP contribution in [0.2, 0.25) is 0 Å². The molecule has 1 unspecified atom stereocenters. The van der Waals surface area contributed by atoms with Crippen molar-refractivity contribution in [2.24, 2.45) is 5.92 Å². The zero-order chi connectivity index (χ0) is 14.4. The molecule has 5 heteroatoms. The maximum absolute atomic E-state index is 12.0. The Hall–Kier alpha value is -1.07. The monoisotopic (exact) mass is 294 g/mol. The highest BCUT2D eigenvalue weighted by atomic mass is 32.2. The third kappa shape index (κ3) is 4.21. The molecule has 1 aromatic rings. The molecule has 0 saturated heterocycles. The predicted octanol–water partition coefficient (Wildman–Crippen LogP) is 2.47. The molecule has 1 fully saturated rings. The van der Waals surface area contributed by atoms with Gasteiger partial charge in [-0.3, -0.25) is 4.79 Å². The van der Waals surface area contributed by atoms with E-state index in [0.717, 1.165) is 23.6 Å². The largest absolute Gasteiger partial charge is 0.391 e. The van der Waals surface area contributed by atoms with Crippen molar-refractivity contribution in [1.82, 2.24) is 10.3 Å². The zero-order valence-electron chi connectivity index (χ0n) is 11.8. The second kappa shape index (κ2) is 7.64. The van der Waals surface area contributed by atoms with Gasteiger partial charge in [0.2, 0.25) is 0 Å². The average molecular weight is 294 g/mol. The normalized spacial score (nSPS) is 17.1. The summed E-state index contributed by atoms with van der Waals surface area (Å²) in [5.74, 6) is 1.14. The molecule has 2 rings (SSSR count). The lowest BCUT2D eigenvalue weighted by atomic mass is 10.0. The molecule has 4 nitrogen and oxygen atoms in total. The van der Waals surface area contributed by atoms with Gasteiger partial charge in [0.1, 0.15) is 0 Å². The van der Waals surface area contributed by atoms with Crippen molar-refractivity contribution >= 4 is 17.7 Å². The van der Waals surface area contributed by atoms with Gasteiger partial charge in [-0.25, -0.2) is 4.98 Å². The van der Waals surface area contributed by atoms with Crippen molar-refractivity contribution in [3.8, 4) is 0 Å². The van der Waals surface area contributed by atoms with Gasteiger partial charge in [-0.05, 0) is 36.6 Å². The van der Waals surface area contributed by atoms with Gasteiger partial charge in [0.05, 0.1) is 16.7 Å². The van der Waals surface area contributed by atoms with E-state index in [0.29, 0.717) is 18.0 Å². The summed E-state index contributed by atoms with van der Waals surface area (Å²) in [6.45, 7) is 2.40. The fourth-order valence-electron chi connectivity index (χ4n) is 2.56. The molecule has 1 heterocycles. The van der Waals surface area contributed by atoms with Crippen LogP contribution in [0, 0.1) is 5.92 Å². The van der Waals surface area contributed by atoms with E-state index in [1.165, 1.54) is 12.8 Å². The number of aromatic nitrogens is 1. The van der Waals surface area contributed by atoms with Crippen LogP contribution in [0.15, 0.2) is 23.4 Å². The van der Waals surface area contributed by atoms with Crippen molar-refractivity contribution < 1.29 is 9.90 Å². The molecule has 1 aromatic heterocycles. The van der Waals surface area contributed by atoms with Crippen molar-refractivity contribution in [3.63, 3.8) is 0 Å². The van der Waals surface area contributed by atoms with Crippen LogP contribution in [0.25, 0.3) is 0 Å². The quantitative estimate of drug-likeness (QED) is 0.791. The smallest absolute Gasteiger partial charge is 0.252 e. The Morgan fingerprint density at radius 2 is 2.25 bits per heavy atom. The summed E-state index contributed by atoms with van der Waals surface area (Å²) in [6, 6.07) is 3.64. The molecule has 2 N–H and O–H groups in total. The number of thioether (sulfide) groups is 1. The third-order valence-electron chi connectivity index (χ3n) is 3.71. The summed E-state index contributed by atoms with van der Waals surface area (Å²) >= 11 is 1.65. The van der Waals surface area contributed by atoms with Gasteiger partial charge >= 0.3 is 0 Å².